The standard InChI is InChI=1S/C32H34N4O2S/c1-21(2)34-30-11-10-27(19-33-30)31(37)35-29-18-26(5-4-22(29)3)32(38)36-15-12-25(13-16-36)23-6-8-24(9-7-23)28-14-17-39-20-28/h4-11,14,17-21,25H,12-13,15-16H2,1-3H3,(H,33,34)(H,35,37). The molecule has 1 aliphatic rings. The largest absolute Gasteiger partial charge is 0.368 e. The number of pyridine rings is 1. The molecule has 1 aliphatic heterocycles. The molecule has 0 bridgehead atoms. The van der Waals surface area contributed by atoms with E-state index in [-0.39, 0.29) is 17.9 Å². The van der Waals surface area contributed by atoms with Gasteiger partial charge in [0.05, 0.1) is 5.56 Å². The lowest BCUT2D eigenvalue weighted by atomic mass is 9.88. The highest BCUT2D eigenvalue weighted by Gasteiger charge is 2.25. The highest BCUT2D eigenvalue weighted by Crippen LogP contribution is 2.31. The number of anilines is 2. The van der Waals surface area contributed by atoms with Crippen LogP contribution >= 0.6 is 11.3 Å². The normalized spacial score (nSPS) is 13.9. The van der Waals surface area contributed by atoms with Gasteiger partial charge in [-0.3, -0.25) is 9.59 Å². The van der Waals surface area contributed by atoms with Crippen LogP contribution in [0.1, 0.15) is 64.4 Å². The van der Waals surface area contributed by atoms with E-state index in [9.17, 15) is 9.59 Å². The zero-order chi connectivity index (χ0) is 27.4. The number of piperidine rings is 1. The summed E-state index contributed by atoms with van der Waals surface area (Å²) < 4.78 is 0. The third kappa shape index (κ3) is 6.37. The predicted molar refractivity (Wildman–Crippen MR) is 160 cm³/mol. The van der Waals surface area contributed by atoms with Gasteiger partial charge in [-0.15, -0.1) is 0 Å². The highest BCUT2D eigenvalue weighted by molar-refractivity contribution is 7.08. The Balaban J connectivity index is 1.20. The van der Waals surface area contributed by atoms with Crippen molar-refractivity contribution in [1.82, 2.24) is 9.88 Å². The summed E-state index contributed by atoms with van der Waals surface area (Å²) in [6.07, 6.45) is 3.44. The molecule has 0 spiro atoms. The van der Waals surface area contributed by atoms with Gasteiger partial charge in [0.2, 0.25) is 0 Å². The number of rotatable bonds is 7. The fourth-order valence-electron chi connectivity index (χ4n) is 4.97. The van der Waals surface area contributed by atoms with Crippen molar-refractivity contribution in [2.75, 3.05) is 23.7 Å². The molecule has 200 valence electrons. The summed E-state index contributed by atoms with van der Waals surface area (Å²) in [5.74, 6) is 0.929. The topological polar surface area (TPSA) is 74.3 Å². The number of nitrogens with one attached hydrogen (secondary N) is 2. The fourth-order valence-corrected chi connectivity index (χ4v) is 5.63. The SMILES string of the molecule is Cc1ccc(C(=O)N2CCC(c3ccc(-c4ccsc4)cc3)CC2)cc1NC(=O)c1ccc(NC(C)C)nc1. The van der Waals surface area contributed by atoms with Gasteiger partial charge in [-0.2, -0.15) is 11.3 Å². The molecule has 0 atom stereocenters. The first-order valence-electron chi connectivity index (χ1n) is 13.4. The first kappa shape index (κ1) is 26.6. The van der Waals surface area contributed by atoms with Crippen molar-refractivity contribution in [1.29, 1.82) is 0 Å². The van der Waals surface area contributed by atoms with Gasteiger partial charge in [-0.25, -0.2) is 4.98 Å². The Kier molecular flexibility index (Phi) is 8.07. The van der Waals surface area contributed by atoms with Gasteiger partial charge < -0.3 is 15.5 Å². The lowest BCUT2D eigenvalue weighted by Crippen LogP contribution is -2.38. The monoisotopic (exact) mass is 538 g/mol. The van der Waals surface area contributed by atoms with E-state index in [2.05, 4.69) is 56.7 Å². The average Bonchev–Trinajstić information content (AvgIpc) is 3.49. The minimum atomic E-state index is -0.253. The molecule has 2 aromatic heterocycles. The molecule has 5 rings (SSSR count). The van der Waals surface area contributed by atoms with Crippen LogP contribution in [0.3, 0.4) is 0 Å². The van der Waals surface area contributed by atoms with Crippen LogP contribution in [0, 0.1) is 6.92 Å². The summed E-state index contributed by atoms with van der Waals surface area (Å²) >= 11 is 1.71. The zero-order valence-corrected chi connectivity index (χ0v) is 23.4. The second kappa shape index (κ2) is 11.8. The van der Waals surface area contributed by atoms with Crippen LogP contribution in [0.5, 0.6) is 0 Å². The highest BCUT2D eigenvalue weighted by atomic mass is 32.1. The fraction of sp³-hybridized carbons (Fsp3) is 0.281. The first-order chi connectivity index (χ1) is 18.9. The Labute approximate surface area is 234 Å². The number of carbonyl (C=O) groups excluding carboxylic acids is 2. The predicted octanol–water partition coefficient (Wildman–Crippen LogP) is 7.21. The molecule has 2 amide bonds. The minimum absolute atomic E-state index is 0.00235. The molecule has 0 saturated carbocycles. The van der Waals surface area contributed by atoms with E-state index in [1.807, 2.05) is 37.8 Å². The summed E-state index contributed by atoms with van der Waals surface area (Å²) in [6.45, 7) is 7.42. The molecule has 3 heterocycles. The van der Waals surface area contributed by atoms with E-state index >= 15 is 0 Å². The van der Waals surface area contributed by atoms with Gasteiger partial charge in [0.25, 0.3) is 11.8 Å². The van der Waals surface area contributed by atoms with Gasteiger partial charge in [0.1, 0.15) is 5.82 Å². The molecule has 2 N–H and O–H groups in total. The van der Waals surface area contributed by atoms with Crippen LogP contribution in [-0.2, 0) is 0 Å². The number of aryl methyl sites for hydroxylation is 1. The summed E-state index contributed by atoms with van der Waals surface area (Å²) in [6, 6.07) is 20.3. The van der Waals surface area contributed by atoms with Crippen molar-refractivity contribution in [2.24, 2.45) is 0 Å². The maximum Gasteiger partial charge on any atom is 0.257 e. The zero-order valence-electron chi connectivity index (χ0n) is 22.6. The third-order valence-corrected chi connectivity index (χ3v) is 7.90. The molecular formula is C32H34N4O2S. The quantitative estimate of drug-likeness (QED) is 0.261. The van der Waals surface area contributed by atoms with Crippen molar-refractivity contribution in [2.45, 2.75) is 45.6 Å². The Morgan fingerprint density at radius 3 is 2.33 bits per heavy atom. The van der Waals surface area contributed by atoms with Crippen molar-refractivity contribution in [3.05, 3.63) is 99.9 Å². The van der Waals surface area contributed by atoms with Crippen molar-refractivity contribution >= 4 is 34.7 Å². The number of hydrogen-bond donors (Lipinski definition) is 2. The van der Waals surface area contributed by atoms with Crippen molar-refractivity contribution < 1.29 is 9.59 Å². The lowest BCUT2D eigenvalue weighted by Gasteiger charge is -2.32. The smallest absolute Gasteiger partial charge is 0.257 e. The number of carbonyl (C=O) groups is 2. The van der Waals surface area contributed by atoms with Gasteiger partial charge in [-0.05, 0) is 103 Å². The Morgan fingerprint density at radius 1 is 0.949 bits per heavy atom. The summed E-state index contributed by atoms with van der Waals surface area (Å²) in [7, 11) is 0. The van der Waals surface area contributed by atoms with E-state index in [1.165, 1.54) is 16.7 Å². The summed E-state index contributed by atoms with van der Waals surface area (Å²) in [4.78, 5) is 32.5. The molecule has 4 aromatic rings. The van der Waals surface area contributed by atoms with Gasteiger partial charge in [0, 0.05) is 36.6 Å². The van der Waals surface area contributed by atoms with Crippen LogP contribution < -0.4 is 10.6 Å². The lowest BCUT2D eigenvalue weighted by molar-refractivity contribution is 0.0712. The molecule has 0 aliphatic carbocycles. The Bertz CT molecular complexity index is 1420. The molecule has 0 radical (unpaired) electrons. The molecule has 7 heteroatoms. The van der Waals surface area contributed by atoms with Gasteiger partial charge in [0.15, 0.2) is 0 Å². The van der Waals surface area contributed by atoms with Crippen molar-refractivity contribution in [3.8, 4) is 11.1 Å². The van der Waals surface area contributed by atoms with Gasteiger partial charge in [-0.1, -0.05) is 30.3 Å². The number of hydrogen-bond acceptors (Lipinski definition) is 5. The molecule has 6 nitrogen and oxygen atoms in total. The number of benzene rings is 2. The van der Waals surface area contributed by atoms with E-state index in [0.29, 0.717) is 35.8 Å². The molecule has 2 aromatic carbocycles. The van der Waals surface area contributed by atoms with Crippen LogP contribution in [0.15, 0.2) is 77.6 Å². The first-order valence-corrected chi connectivity index (χ1v) is 14.4. The number of amides is 2. The molecule has 1 saturated heterocycles. The third-order valence-electron chi connectivity index (χ3n) is 7.21. The van der Waals surface area contributed by atoms with Crippen LogP contribution in [0.2, 0.25) is 0 Å². The second-order valence-electron chi connectivity index (χ2n) is 10.4. The van der Waals surface area contributed by atoms with E-state index in [1.54, 1.807) is 35.7 Å². The van der Waals surface area contributed by atoms with E-state index in [0.717, 1.165) is 24.2 Å². The summed E-state index contributed by atoms with van der Waals surface area (Å²) in [5, 5.41) is 10.4. The number of nitrogens with zero attached hydrogens (tertiary/aromatic N) is 2. The number of likely N-dealkylation sites (tertiary alicyclic amines) is 1. The number of thiophene rings is 1. The van der Waals surface area contributed by atoms with Gasteiger partial charge >= 0.3 is 0 Å². The van der Waals surface area contributed by atoms with Crippen LogP contribution in [0.4, 0.5) is 11.5 Å². The van der Waals surface area contributed by atoms with E-state index < -0.39 is 0 Å². The molecule has 1 fully saturated rings. The molecule has 0 unspecified atom stereocenters. The second-order valence-corrected chi connectivity index (χ2v) is 11.2. The van der Waals surface area contributed by atoms with Crippen molar-refractivity contribution in [3.63, 3.8) is 0 Å². The average molecular weight is 539 g/mol. The maximum atomic E-state index is 13.4. The van der Waals surface area contributed by atoms with Crippen LogP contribution in [-0.4, -0.2) is 40.8 Å². The molecular weight excluding hydrogens is 504 g/mol. The maximum absolute atomic E-state index is 13.4. The Morgan fingerprint density at radius 2 is 1.69 bits per heavy atom. The minimum Gasteiger partial charge on any atom is -0.368 e. The summed E-state index contributed by atoms with van der Waals surface area (Å²) in [5.41, 5.74) is 6.42. The van der Waals surface area contributed by atoms with E-state index in [4.69, 9.17) is 0 Å². The van der Waals surface area contributed by atoms with Crippen LogP contribution in [0.25, 0.3) is 11.1 Å². The Hall–Kier alpha value is -3.97. The number of aromatic nitrogens is 1. The molecule has 39 heavy (non-hydrogen) atoms.